The minimum Gasteiger partial charge on any atom is -0.255 e. The van der Waals surface area contributed by atoms with Crippen LogP contribution in [0.4, 0.5) is 17.6 Å². The number of pyridine rings is 1. The first-order valence-corrected chi connectivity index (χ1v) is 13.3. The SMILES string of the molecule is CC(C)(C)c1cc(-c2nccc3c(F)c(-c4ccc(CC(C)(C)C(F)(F)F)cc4)sc23)cc2ccccc12. The van der Waals surface area contributed by atoms with Gasteiger partial charge in [0.25, 0.3) is 0 Å². The van der Waals surface area contributed by atoms with E-state index >= 15 is 4.39 Å². The molecule has 38 heavy (non-hydrogen) atoms. The average molecular weight is 536 g/mol. The van der Waals surface area contributed by atoms with Crippen LogP contribution in [-0.4, -0.2) is 11.2 Å². The zero-order valence-corrected chi connectivity index (χ0v) is 22.8. The highest BCUT2D eigenvalue weighted by molar-refractivity contribution is 7.22. The second kappa shape index (κ2) is 9.19. The Morgan fingerprint density at radius 1 is 0.789 bits per heavy atom. The van der Waals surface area contributed by atoms with Crippen molar-refractivity contribution in [3.8, 4) is 21.7 Å². The van der Waals surface area contributed by atoms with Gasteiger partial charge in [-0.25, -0.2) is 4.39 Å². The van der Waals surface area contributed by atoms with Gasteiger partial charge in [0.05, 0.1) is 20.7 Å². The fourth-order valence-corrected chi connectivity index (χ4v) is 6.03. The lowest BCUT2D eigenvalue weighted by Gasteiger charge is -2.27. The molecule has 0 radical (unpaired) electrons. The molecule has 0 saturated carbocycles. The topological polar surface area (TPSA) is 12.9 Å². The fraction of sp³-hybridized carbons (Fsp3) is 0.281. The molecule has 2 aromatic heterocycles. The van der Waals surface area contributed by atoms with Gasteiger partial charge < -0.3 is 0 Å². The Bertz CT molecular complexity index is 1640. The van der Waals surface area contributed by atoms with Gasteiger partial charge in [0, 0.05) is 17.1 Å². The van der Waals surface area contributed by atoms with Gasteiger partial charge in [-0.05, 0) is 57.5 Å². The van der Waals surface area contributed by atoms with Crippen molar-refractivity contribution in [2.24, 2.45) is 5.41 Å². The number of hydrogen-bond acceptors (Lipinski definition) is 2. The second-order valence-electron chi connectivity index (χ2n) is 11.5. The molecule has 0 spiro atoms. The summed E-state index contributed by atoms with van der Waals surface area (Å²) in [7, 11) is 0. The number of aromatic nitrogens is 1. The standard InChI is InChI=1S/C32H29F4NS/c1-30(2,3)25-17-22(16-21-8-6-7-9-23(21)25)27-29-24(14-15-37-27)26(33)28(38-29)20-12-10-19(11-13-20)18-31(4,5)32(34,35)36/h6-17H,18H2,1-5H3. The lowest BCUT2D eigenvalue weighted by Crippen LogP contribution is -2.34. The monoisotopic (exact) mass is 535 g/mol. The molecule has 5 aromatic rings. The molecule has 0 bridgehead atoms. The minimum absolute atomic E-state index is 0.0994. The molecule has 0 amide bonds. The van der Waals surface area contributed by atoms with Crippen molar-refractivity contribution in [1.82, 2.24) is 4.98 Å². The summed E-state index contributed by atoms with van der Waals surface area (Å²) in [5.41, 5.74) is 2.10. The average Bonchev–Trinajstić information content (AvgIpc) is 3.19. The zero-order valence-electron chi connectivity index (χ0n) is 22.0. The number of halogens is 4. The Morgan fingerprint density at radius 2 is 1.47 bits per heavy atom. The summed E-state index contributed by atoms with van der Waals surface area (Å²) >= 11 is 1.32. The zero-order chi connectivity index (χ0) is 27.5. The summed E-state index contributed by atoms with van der Waals surface area (Å²) in [5.74, 6) is -0.339. The summed E-state index contributed by atoms with van der Waals surface area (Å²) in [6.45, 7) is 8.91. The smallest absolute Gasteiger partial charge is 0.255 e. The van der Waals surface area contributed by atoms with Crippen LogP contribution in [0.1, 0.15) is 45.7 Å². The largest absolute Gasteiger partial charge is 0.394 e. The van der Waals surface area contributed by atoms with E-state index in [1.165, 1.54) is 36.1 Å². The van der Waals surface area contributed by atoms with Crippen LogP contribution in [0.2, 0.25) is 0 Å². The number of thiophene rings is 1. The van der Waals surface area contributed by atoms with Gasteiger partial charge in [-0.15, -0.1) is 11.3 Å². The van der Waals surface area contributed by atoms with E-state index in [9.17, 15) is 13.2 Å². The van der Waals surface area contributed by atoms with Crippen molar-refractivity contribution in [2.75, 3.05) is 0 Å². The minimum atomic E-state index is -4.30. The van der Waals surface area contributed by atoms with Crippen molar-refractivity contribution in [2.45, 2.75) is 52.6 Å². The molecule has 0 atom stereocenters. The van der Waals surface area contributed by atoms with Gasteiger partial charge >= 0.3 is 6.18 Å². The summed E-state index contributed by atoms with van der Waals surface area (Å²) in [5, 5.41) is 2.77. The number of alkyl halides is 3. The molecule has 5 rings (SSSR count). The summed E-state index contributed by atoms with van der Waals surface area (Å²) < 4.78 is 56.4. The molecule has 1 nitrogen and oxygen atoms in total. The van der Waals surface area contributed by atoms with Crippen LogP contribution in [-0.2, 0) is 11.8 Å². The maximum Gasteiger partial charge on any atom is 0.394 e. The molecule has 0 unspecified atom stereocenters. The first-order chi connectivity index (χ1) is 17.8. The number of hydrogen-bond donors (Lipinski definition) is 0. The van der Waals surface area contributed by atoms with Crippen LogP contribution in [0, 0.1) is 11.2 Å². The van der Waals surface area contributed by atoms with E-state index in [4.69, 9.17) is 0 Å². The van der Waals surface area contributed by atoms with E-state index < -0.39 is 11.6 Å². The lowest BCUT2D eigenvalue weighted by atomic mass is 9.82. The molecule has 0 N–H and O–H groups in total. The predicted octanol–water partition coefficient (Wildman–Crippen LogP) is 10.4. The third kappa shape index (κ3) is 4.71. The molecule has 0 aliphatic heterocycles. The number of benzene rings is 3. The van der Waals surface area contributed by atoms with E-state index in [1.807, 2.05) is 12.1 Å². The Balaban J connectivity index is 1.59. The van der Waals surface area contributed by atoms with E-state index in [2.05, 4.69) is 50.0 Å². The van der Waals surface area contributed by atoms with E-state index in [1.54, 1.807) is 36.5 Å². The Morgan fingerprint density at radius 3 is 2.13 bits per heavy atom. The molecule has 6 heteroatoms. The highest BCUT2D eigenvalue weighted by atomic mass is 32.1. The van der Waals surface area contributed by atoms with Crippen molar-refractivity contribution >= 4 is 32.2 Å². The van der Waals surface area contributed by atoms with Gasteiger partial charge in [-0.1, -0.05) is 83.1 Å². The Kier molecular flexibility index (Phi) is 6.38. The third-order valence-corrected chi connectivity index (χ3v) is 8.35. The van der Waals surface area contributed by atoms with Gasteiger partial charge in [0.1, 0.15) is 5.82 Å². The molecule has 2 heterocycles. The van der Waals surface area contributed by atoms with Crippen LogP contribution in [0.25, 0.3) is 42.6 Å². The number of rotatable bonds is 4. The summed E-state index contributed by atoms with van der Waals surface area (Å²) in [6, 6.07) is 20.9. The Hall–Kier alpha value is -3.25. The maximum atomic E-state index is 15.7. The van der Waals surface area contributed by atoms with E-state index in [0.717, 1.165) is 21.3 Å². The third-order valence-electron chi connectivity index (χ3n) is 7.12. The molecule has 3 aromatic carbocycles. The first kappa shape index (κ1) is 26.4. The molecular formula is C32H29F4NS. The Labute approximate surface area is 224 Å². The predicted molar refractivity (Wildman–Crippen MR) is 150 cm³/mol. The number of nitrogens with zero attached hydrogens (tertiary/aromatic N) is 1. The molecular weight excluding hydrogens is 506 g/mol. The fourth-order valence-electron chi connectivity index (χ4n) is 4.84. The van der Waals surface area contributed by atoms with E-state index in [0.29, 0.717) is 21.4 Å². The highest BCUT2D eigenvalue weighted by Gasteiger charge is 2.46. The maximum absolute atomic E-state index is 15.7. The van der Waals surface area contributed by atoms with Gasteiger partial charge in [-0.3, -0.25) is 4.98 Å². The number of fused-ring (bicyclic) bond motifs is 2. The van der Waals surface area contributed by atoms with Crippen molar-refractivity contribution in [1.29, 1.82) is 0 Å². The van der Waals surface area contributed by atoms with Crippen LogP contribution in [0.15, 0.2) is 72.9 Å². The first-order valence-electron chi connectivity index (χ1n) is 12.5. The molecule has 0 aliphatic rings. The normalized spacial score (nSPS) is 13.0. The molecule has 0 saturated heterocycles. The van der Waals surface area contributed by atoms with Crippen molar-refractivity contribution < 1.29 is 17.6 Å². The van der Waals surface area contributed by atoms with Gasteiger partial charge in [0.2, 0.25) is 0 Å². The van der Waals surface area contributed by atoms with Crippen LogP contribution >= 0.6 is 11.3 Å². The van der Waals surface area contributed by atoms with Crippen LogP contribution in [0.5, 0.6) is 0 Å². The second-order valence-corrected chi connectivity index (χ2v) is 12.6. The lowest BCUT2D eigenvalue weighted by molar-refractivity contribution is -0.211. The summed E-state index contributed by atoms with van der Waals surface area (Å²) in [6.07, 6.45) is -2.81. The quantitative estimate of drug-likeness (QED) is 0.209. The van der Waals surface area contributed by atoms with Crippen molar-refractivity contribution in [3.05, 3.63) is 89.9 Å². The molecule has 0 fully saturated rings. The molecule has 0 aliphatic carbocycles. The van der Waals surface area contributed by atoms with Gasteiger partial charge in [0.15, 0.2) is 0 Å². The van der Waals surface area contributed by atoms with Crippen LogP contribution < -0.4 is 0 Å². The van der Waals surface area contributed by atoms with E-state index in [-0.39, 0.29) is 17.7 Å². The van der Waals surface area contributed by atoms with Crippen molar-refractivity contribution in [3.63, 3.8) is 0 Å². The van der Waals surface area contributed by atoms with Crippen LogP contribution in [0.3, 0.4) is 0 Å². The molecule has 196 valence electrons. The van der Waals surface area contributed by atoms with Gasteiger partial charge in [-0.2, -0.15) is 13.2 Å². The highest BCUT2D eigenvalue weighted by Crippen LogP contribution is 2.44. The summed E-state index contributed by atoms with van der Waals surface area (Å²) in [4.78, 5) is 5.12.